The minimum absolute atomic E-state index is 0.0242. The van der Waals surface area contributed by atoms with Gasteiger partial charge in [0.2, 0.25) is 17.7 Å². The predicted octanol–water partition coefficient (Wildman–Crippen LogP) is 5.09. The molecule has 1 amide bonds. The number of hydrogen-bond acceptors (Lipinski definition) is 10. The maximum Gasteiger partial charge on any atom is 0.291 e. The van der Waals surface area contributed by atoms with Gasteiger partial charge in [0.15, 0.2) is 11.4 Å². The highest BCUT2D eigenvalue weighted by molar-refractivity contribution is 6.88. The highest BCUT2D eigenvalue weighted by atomic mass is 28.3. The van der Waals surface area contributed by atoms with E-state index in [1.165, 1.54) is 20.3 Å². The normalized spacial score (nSPS) is 11.1. The number of benzene rings is 1. The number of nitrogens with zero attached hydrogens (tertiary/aromatic N) is 3. The Morgan fingerprint density at radius 2 is 1.71 bits per heavy atom. The molecule has 12 heteroatoms. The number of ether oxygens (including phenoxy) is 4. The van der Waals surface area contributed by atoms with Crippen molar-refractivity contribution >= 4 is 30.8 Å². The van der Waals surface area contributed by atoms with Gasteiger partial charge in [0.05, 0.1) is 35.1 Å². The van der Waals surface area contributed by atoms with Crippen LogP contribution in [-0.2, 0) is 11.3 Å². The van der Waals surface area contributed by atoms with Crippen LogP contribution in [0, 0.1) is 0 Å². The quantitative estimate of drug-likeness (QED) is 0.154. The number of amides is 1. The summed E-state index contributed by atoms with van der Waals surface area (Å²) in [5.74, 6) is 0.723. The van der Waals surface area contributed by atoms with Crippen molar-refractivity contribution in [2.45, 2.75) is 32.7 Å². The second-order valence-corrected chi connectivity index (χ2v) is 15.2. The molecule has 41 heavy (non-hydrogen) atoms. The first-order valence-electron chi connectivity index (χ1n) is 13.2. The van der Waals surface area contributed by atoms with E-state index in [9.17, 15) is 4.79 Å². The molecule has 11 nitrogen and oxygen atoms in total. The third-order valence-electron chi connectivity index (χ3n) is 5.93. The monoisotopic (exact) mass is 577 g/mol. The second-order valence-electron chi connectivity index (χ2n) is 10.1. The lowest BCUT2D eigenvalue weighted by atomic mass is 10.2. The first-order chi connectivity index (χ1) is 19.8. The highest BCUT2D eigenvalue weighted by Crippen LogP contribution is 2.33. The van der Waals surface area contributed by atoms with Gasteiger partial charge in [-0.05, 0) is 29.3 Å². The van der Waals surface area contributed by atoms with Crippen molar-refractivity contribution in [2.24, 2.45) is 0 Å². The van der Waals surface area contributed by atoms with Crippen molar-refractivity contribution in [2.75, 3.05) is 38.0 Å². The molecule has 0 saturated carbocycles. The molecule has 0 saturated heterocycles. The highest BCUT2D eigenvalue weighted by Gasteiger charge is 2.22. The van der Waals surface area contributed by atoms with Crippen LogP contribution in [-0.4, -0.2) is 56.3 Å². The molecule has 0 aliphatic carbocycles. The fourth-order valence-corrected chi connectivity index (χ4v) is 4.75. The Bertz CT molecular complexity index is 1420. The number of aromatic nitrogens is 3. The molecule has 4 rings (SSSR count). The fraction of sp³-hybridized carbons (Fsp3) is 0.310. The minimum atomic E-state index is -1.57. The largest absolute Gasteiger partial charge is 0.479 e. The van der Waals surface area contributed by atoms with Crippen LogP contribution in [0.2, 0.25) is 19.6 Å². The minimum Gasteiger partial charge on any atom is -0.479 e. The molecule has 3 heterocycles. The summed E-state index contributed by atoms with van der Waals surface area (Å²) in [4.78, 5) is 26.0. The molecule has 0 aliphatic heterocycles. The van der Waals surface area contributed by atoms with Crippen LogP contribution in [0.4, 0.5) is 11.6 Å². The first-order valence-corrected chi connectivity index (χ1v) is 16.7. The summed E-state index contributed by atoms with van der Waals surface area (Å²) in [5, 5.41) is 6.99. The molecule has 0 fully saturated rings. The van der Waals surface area contributed by atoms with Crippen molar-refractivity contribution in [1.82, 2.24) is 15.0 Å². The Labute approximate surface area is 240 Å². The van der Waals surface area contributed by atoms with E-state index in [2.05, 4.69) is 45.2 Å². The van der Waals surface area contributed by atoms with E-state index in [1.807, 2.05) is 42.6 Å². The Hall–Kier alpha value is -4.42. The summed E-state index contributed by atoms with van der Waals surface area (Å²) in [5.41, 5.74) is 1.29. The Morgan fingerprint density at radius 3 is 2.39 bits per heavy atom. The molecule has 2 N–H and O–H groups in total. The first kappa shape index (κ1) is 29.6. The predicted molar refractivity (Wildman–Crippen MR) is 158 cm³/mol. The number of pyridine rings is 1. The smallest absolute Gasteiger partial charge is 0.291 e. The third-order valence-corrected chi connectivity index (χ3v) is 7.94. The maximum absolute atomic E-state index is 13.0. The number of hydrogen-bond donors (Lipinski definition) is 2. The number of rotatable bonds is 14. The zero-order valence-corrected chi connectivity index (χ0v) is 24.9. The number of nitrogens with one attached hydrogen (secondary N) is 2. The standard InChI is InChI=1S/C29H35N5O6Si/c1-36-27-25(28(37-2)34-29(33-27)31-14-9-15-38-19-20-10-7-6-8-11-20)32-26(35)23-12-13-24(40-23)39-21-16-22(18-30-17-21)41(3,4)5/h6-8,10-13,16-18H,9,14-15,19H2,1-5H3,(H,32,35)(H,31,33,34). The van der Waals surface area contributed by atoms with E-state index in [4.69, 9.17) is 23.4 Å². The Morgan fingerprint density at radius 1 is 0.976 bits per heavy atom. The Kier molecular flexibility index (Phi) is 9.93. The maximum atomic E-state index is 13.0. The SMILES string of the molecule is COc1nc(NCCCOCc2ccccc2)nc(OC)c1NC(=O)c1ccc(Oc2cncc([Si](C)(C)C)c2)o1. The molecule has 0 atom stereocenters. The Balaban J connectivity index is 1.35. The van der Waals surface area contributed by atoms with Crippen LogP contribution >= 0.6 is 0 Å². The van der Waals surface area contributed by atoms with Crippen molar-refractivity contribution in [3.05, 3.63) is 72.2 Å². The summed E-state index contributed by atoms with van der Waals surface area (Å²) in [6.45, 7) is 8.36. The number of furan rings is 1. The van der Waals surface area contributed by atoms with Gasteiger partial charge < -0.3 is 34.0 Å². The number of methoxy groups -OCH3 is 2. The van der Waals surface area contributed by atoms with E-state index < -0.39 is 14.0 Å². The molecule has 3 aromatic heterocycles. The van der Waals surface area contributed by atoms with Gasteiger partial charge in [-0.25, -0.2) is 0 Å². The zero-order chi connectivity index (χ0) is 29.2. The van der Waals surface area contributed by atoms with Gasteiger partial charge in [-0.2, -0.15) is 9.97 Å². The second kappa shape index (κ2) is 13.8. The molecule has 0 unspecified atom stereocenters. The van der Waals surface area contributed by atoms with Crippen LogP contribution < -0.4 is 30.0 Å². The van der Waals surface area contributed by atoms with Gasteiger partial charge in [-0.15, -0.1) is 0 Å². The van der Waals surface area contributed by atoms with Crippen molar-refractivity contribution in [3.8, 4) is 23.5 Å². The molecule has 0 bridgehead atoms. The van der Waals surface area contributed by atoms with Gasteiger partial charge in [0.25, 0.3) is 11.9 Å². The molecule has 0 spiro atoms. The van der Waals surface area contributed by atoms with E-state index in [0.29, 0.717) is 31.5 Å². The van der Waals surface area contributed by atoms with Crippen molar-refractivity contribution < 1.29 is 28.2 Å². The third kappa shape index (κ3) is 8.29. The lowest BCUT2D eigenvalue weighted by Gasteiger charge is -2.16. The van der Waals surface area contributed by atoms with Crippen LogP contribution in [0.3, 0.4) is 0 Å². The lowest BCUT2D eigenvalue weighted by Crippen LogP contribution is -2.37. The van der Waals surface area contributed by atoms with E-state index in [1.54, 1.807) is 12.3 Å². The molecule has 0 aliphatic rings. The zero-order valence-electron chi connectivity index (χ0n) is 23.9. The van der Waals surface area contributed by atoms with Gasteiger partial charge >= 0.3 is 0 Å². The number of anilines is 2. The van der Waals surface area contributed by atoms with Gasteiger partial charge in [0, 0.05) is 25.4 Å². The topological polar surface area (TPSA) is 130 Å². The van der Waals surface area contributed by atoms with E-state index in [0.717, 1.165) is 17.2 Å². The molecule has 4 aromatic rings. The van der Waals surface area contributed by atoms with E-state index in [-0.39, 0.29) is 29.2 Å². The molecule has 216 valence electrons. The molecular formula is C29H35N5O6Si. The number of carbonyl (C=O) groups is 1. The van der Waals surface area contributed by atoms with Crippen LogP contribution in [0.1, 0.15) is 22.5 Å². The van der Waals surface area contributed by atoms with Gasteiger partial charge in [0.1, 0.15) is 5.75 Å². The lowest BCUT2D eigenvalue weighted by molar-refractivity contribution is 0.0990. The molecular weight excluding hydrogens is 542 g/mol. The van der Waals surface area contributed by atoms with Crippen molar-refractivity contribution in [1.29, 1.82) is 0 Å². The van der Waals surface area contributed by atoms with Crippen LogP contribution in [0.25, 0.3) is 0 Å². The molecule has 1 aromatic carbocycles. The van der Waals surface area contributed by atoms with E-state index >= 15 is 0 Å². The van der Waals surface area contributed by atoms with Gasteiger partial charge in [-0.1, -0.05) is 50.0 Å². The van der Waals surface area contributed by atoms with Gasteiger partial charge in [-0.3, -0.25) is 9.78 Å². The average Bonchev–Trinajstić information content (AvgIpc) is 3.44. The summed E-state index contributed by atoms with van der Waals surface area (Å²) in [6, 6.07) is 15.0. The van der Waals surface area contributed by atoms with Crippen molar-refractivity contribution in [3.63, 3.8) is 0 Å². The number of carbonyl (C=O) groups excluding carboxylic acids is 1. The summed E-state index contributed by atoms with van der Waals surface area (Å²) in [6.07, 6.45) is 4.19. The summed E-state index contributed by atoms with van der Waals surface area (Å²) >= 11 is 0. The molecule has 0 radical (unpaired) electrons. The van der Waals surface area contributed by atoms with Crippen LogP contribution in [0.5, 0.6) is 23.5 Å². The fourth-order valence-electron chi connectivity index (χ4n) is 3.71. The summed E-state index contributed by atoms with van der Waals surface area (Å²) in [7, 11) is 1.32. The summed E-state index contributed by atoms with van der Waals surface area (Å²) < 4.78 is 28.0. The average molecular weight is 578 g/mol. The van der Waals surface area contributed by atoms with Crippen LogP contribution in [0.15, 0.2) is 65.3 Å².